The predicted octanol–water partition coefficient (Wildman–Crippen LogP) is 2.39. The normalized spacial score (nSPS) is 12.0. The molecule has 0 saturated carbocycles. The van der Waals surface area contributed by atoms with Gasteiger partial charge in [0.25, 0.3) is 0 Å². The SMILES string of the molecule is CCn1c([C@@H](C)NC(=O)Cc2ccc(OC)cc2)n[nH]c1=S. The highest BCUT2D eigenvalue weighted by molar-refractivity contribution is 7.71. The lowest BCUT2D eigenvalue weighted by Crippen LogP contribution is -2.30. The number of nitrogens with one attached hydrogen (secondary N) is 2. The Hall–Kier alpha value is -2.15. The number of ether oxygens (including phenoxy) is 1. The molecule has 0 aliphatic carbocycles. The monoisotopic (exact) mass is 320 g/mol. The first kappa shape index (κ1) is 16.2. The zero-order valence-electron chi connectivity index (χ0n) is 12.9. The predicted molar refractivity (Wildman–Crippen MR) is 86.3 cm³/mol. The number of methoxy groups -OCH3 is 1. The molecule has 2 aromatic rings. The zero-order chi connectivity index (χ0) is 16.1. The largest absolute Gasteiger partial charge is 0.497 e. The van der Waals surface area contributed by atoms with E-state index in [4.69, 9.17) is 17.0 Å². The van der Waals surface area contributed by atoms with Crippen molar-refractivity contribution in [3.8, 4) is 5.75 Å². The second-order valence-corrected chi connectivity index (χ2v) is 5.33. The Morgan fingerprint density at radius 2 is 2.14 bits per heavy atom. The van der Waals surface area contributed by atoms with Crippen molar-refractivity contribution in [3.05, 3.63) is 40.4 Å². The van der Waals surface area contributed by atoms with Crippen LogP contribution in [0.5, 0.6) is 5.75 Å². The summed E-state index contributed by atoms with van der Waals surface area (Å²) in [5.74, 6) is 1.45. The van der Waals surface area contributed by atoms with Crippen molar-refractivity contribution in [2.24, 2.45) is 0 Å². The Morgan fingerprint density at radius 1 is 1.45 bits per heavy atom. The maximum absolute atomic E-state index is 12.1. The fraction of sp³-hybridized carbons (Fsp3) is 0.400. The molecular formula is C15H20N4O2S. The molecule has 0 fully saturated rings. The summed E-state index contributed by atoms with van der Waals surface area (Å²) in [6.07, 6.45) is 0.311. The van der Waals surface area contributed by atoms with Crippen molar-refractivity contribution in [1.29, 1.82) is 0 Å². The Morgan fingerprint density at radius 3 is 2.73 bits per heavy atom. The van der Waals surface area contributed by atoms with Crippen molar-refractivity contribution in [2.45, 2.75) is 32.9 Å². The smallest absolute Gasteiger partial charge is 0.224 e. The summed E-state index contributed by atoms with van der Waals surface area (Å²) in [6.45, 7) is 4.59. The first-order valence-electron chi connectivity index (χ1n) is 7.12. The molecular weight excluding hydrogens is 300 g/mol. The average Bonchev–Trinajstić information content (AvgIpc) is 2.88. The van der Waals surface area contributed by atoms with E-state index in [1.807, 2.05) is 42.7 Å². The molecule has 0 spiro atoms. The van der Waals surface area contributed by atoms with Gasteiger partial charge in [-0.1, -0.05) is 12.1 Å². The summed E-state index contributed by atoms with van der Waals surface area (Å²) in [5.41, 5.74) is 0.930. The topological polar surface area (TPSA) is 71.9 Å². The second kappa shape index (κ2) is 7.22. The summed E-state index contributed by atoms with van der Waals surface area (Å²) in [7, 11) is 1.61. The molecule has 7 heteroatoms. The molecule has 1 amide bonds. The number of carbonyl (C=O) groups is 1. The number of aromatic nitrogens is 3. The number of carbonyl (C=O) groups excluding carboxylic acids is 1. The number of benzene rings is 1. The minimum Gasteiger partial charge on any atom is -0.497 e. The third kappa shape index (κ3) is 3.73. The molecule has 1 atom stereocenters. The van der Waals surface area contributed by atoms with E-state index in [0.29, 0.717) is 17.7 Å². The molecule has 2 rings (SSSR count). The van der Waals surface area contributed by atoms with Crippen LogP contribution in [0.15, 0.2) is 24.3 Å². The van der Waals surface area contributed by atoms with Gasteiger partial charge in [-0.25, -0.2) is 0 Å². The third-order valence-electron chi connectivity index (χ3n) is 3.39. The summed E-state index contributed by atoms with van der Waals surface area (Å²) in [4.78, 5) is 12.1. The van der Waals surface area contributed by atoms with Crippen molar-refractivity contribution >= 4 is 18.1 Å². The fourth-order valence-corrected chi connectivity index (χ4v) is 2.52. The highest BCUT2D eigenvalue weighted by Crippen LogP contribution is 2.13. The van der Waals surface area contributed by atoms with Gasteiger partial charge in [-0.05, 0) is 43.8 Å². The number of rotatable bonds is 6. The first-order valence-corrected chi connectivity index (χ1v) is 7.53. The van der Waals surface area contributed by atoms with Gasteiger partial charge in [0.2, 0.25) is 5.91 Å². The van der Waals surface area contributed by atoms with Gasteiger partial charge in [0.15, 0.2) is 10.6 Å². The molecule has 1 heterocycles. The van der Waals surface area contributed by atoms with E-state index in [2.05, 4.69) is 15.5 Å². The summed E-state index contributed by atoms with van der Waals surface area (Å²) < 4.78 is 7.53. The number of aromatic amines is 1. The van der Waals surface area contributed by atoms with Crippen molar-refractivity contribution in [1.82, 2.24) is 20.1 Å². The molecule has 2 N–H and O–H groups in total. The molecule has 22 heavy (non-hydrogen) atoms. The standard InChI is InChI=1S/C15H20N4O2S/c1-4-19-14(17-18-15(19)22)10(2)16-13(20)9-11-5-7-12(21-3)8-6-11/h5-8,10H,4,9H2,1-3H3,(H,16,20)(H,18,22)/t10-/m1/s1. The van der Waals surface area contributed by atoms with Crippen LogP contribution in [0.4, 0.5) is 0 Å². The van der Waals surface area contributed by atoms with Crippen LogP contribution in [0.25, 0.3) is 0 Å². The van der Waals surface area contributed by atoms with Gasteiger partial charge < -0.3 is 14.6 Å². The maximum Gasteiger partial charge on any atom is 0.224 e. The summed E-state index contributed by atoms with van der Waals surface area (Å²) in [5, 5.41) is 9.88. The molecule has 0 unspecified atom stereocenters. The van der Waals surface area contributed by atoms with E-state index in [9.17, 15) is 4.79 Å². The Kier molecular flexibility index (Phi) is 5.32. The molecule has 1 aromatic carbocycles. The van der Waals surface area contributed by atoms with Crippen molar-refractivity contribution in [2.75, 3.05) is 7.11 Å². The third-order valence-corrected chi connectivity index (χ3v) is 3.70. The molecule has 0 bridgehead atoms. The molecule has 0 radical (unpaired) electrons. The number of nitrogens with zero attached hydrogens (tertiary/aromatic N) is 2. The van der Waals surface area contributed by atoms with E-state index >= 15 is 0 Å². The lowest BCUT2D eigenvalue weighted by atomic mass is 10.1. The van der Waals surface area contributed by atoms with E-state index in [1.54, 1.807) is 7.11 Å². The van der Waals surface area contributed by atoms with Gasteiger partial charge in [0.05, 0.1) is 19.6 Å². The Labute approximate surface area is 134 Å². The van der Waals surface area contributed by atoms with Gasteiger partial charge >= 0.3 is 0 Å². The first-order chi connectivity index (χ1) is 10.5. The molecule has 0 aliphatic rings. The van der Waals surface area contributed by atoms with Crippen LogP contribution in [0.3, 0.4) is 0 Å². The van der Waals surface area contributed by atoms with Crippen molar-refractivity contribution < 1.29 is 9.53 Å². The van der Waals surface area contributed by atoms with Crippen LogP contribution in [-0.4, -0.2) is 27.8 Å². The number of hydrogen-bond donors (Lipinski definition) is 2. The molecule has 0 saturated heterocycles. The van der Waals surface area contributed by atoms with Crippen LogP contribution < -0.4 is 10.1 Å². The van der Waals surface area contributed by atoms with E-state index in [-0.39, 0.29) is 11.9 Å². The number of amides is 1. The van der Waals surface area contributed by atoms with Gasteiger partial charge in [0.1, 0.15) is 5.75 Å². The molecule has 1 aromatic heterocycles. The van der Waals surface area contributed by atoms with Crippen LogP contribution in [0, 0.1) is 4.77 Å². The molecule has 0 aliphatic heterocycles. The molecule has 6 nitrogen and oxygen atoms in total. The van der Waals surface area contributed by atoms with Crippen molar-refractivity contribution in [3.63, 3.8) is 0 Å². The van der Waals surface area contributed by atoms with Gasteiger partial charge in [-0.15, -0.1) is 0 Å². The second-order valence-electron chi connectivity index (χ2n) is 4.95. The zero-order valence-corrected chi connectivity index (χ0v) is 13.7. The van der Waals surface area contributed by atoms with Crippen LogP contribution in [0.2, 0.25) is 0 Å². The van der Waals surface area contributed by atoms with E-state index in [1.165, 1.54) is 0 Å². The van der Waals surface area contributed by atoms with E-state index < -0.39 is 0 Å². The van der Waals surface area contributed by atoms with Crippen LogP contribution >= 0.6 is 12.2 Å². The average molecular weight is 320 g/mol. The van der Waals surface area contributed by atoms with Gasteiger partial charge in [-0.2, -0.15) is 5.10 Å². The maximum atomic E-state index is 12.1. The quantitative estimate of drug-likeness (QED) is 0.802. The number of H-pyrrole nitrogens is 1. The lowest BCUT2D eigenvalue weighted by molar-refractivity contribution is -0.121. The van der Waals surface area contributed by atoms with E-state index in [0.717, 1.165) is 17.1 Å². The summed E-state index contributed by atoms with van der Waals surface area (Å²) in [6, 6.07) is 7.23. The lowest BCUT2D eigenvalue weighted by Gasteiger charge is -2.14. The van der Waals surface area contributed by atoms with Gasteiger partial charge in [-0.3, -0.25) is 9.89 Å². The van der Waals surface area contributed by atoms with Gasteiger partial charge in [0, 0.05) is 6.54 Å². The fourth-order valence-electron chi connectivity index (χ4n) is 2.25. The minimum atomic E-state index is -0.210. The number of hydrogen-bond acceptors (Lipinski definition) is 4. The van der Waals surface area contributed by atoms with Crippen LogP contribution in [-0.2, 0) is 17.8 Å². The Balaban J connectivity index is 2.00. The minimum absolute atomic E-state index is 0.0609. The highest BCUT2D eigenvalue weighted by atomic mass is 32.1. The highest BCUT2D eigenvalue weighted by Gasteiger charge is 2.16. The van der Waals surface area contributed by atoms with Crippen LogP contribution in [0.1, 0.15) is 31.3 Å². The Bertz CT molecular complexity index is 690. The molecule has 118 valence electrons. The summed E-state index contributed by atoms with van der Waals surface area (Å²) >= 11 is 5.15.